The highest BCUT2D eigenvalue weighted by molar-refractivity contribution is 5.90. The molecule has 1 aliphatic heterocycles. The normalized spacial score (nSPS) is 19.7. The molecule has 2 unspecified atom stereocenters. The standard InChI is InChI=1S/C26H30N2O7/c1-33-16-26(24(30)31)12-7-13-28(26)23(29)22(34-2)14-27-25(32)35-15-21-19-10-5-3-8-17(19)18-9-4-6-11-20(18)21/h3-6,8-11,21-22H,7,12-16H2,1-2H3,(H,27,32)(H,30,31). The van der Waals surface area contributed by atoms with E-state index in [9.17, 15) is 19.5 Å². The van der Waals surface area contributed by atoms with E-state index in [0.717, 1.165) is 22.3 Å². The van der Waals surface area contributed by atoms with Crippen molar-refractivity contribution >= 4 is 18.0 Å². The average molecular weight is 483 g/mol. The van der Waals surface area contributed by atoms with Crippen molar-refractivity contribution in [1.82, 2.24) is 10.2 Å². The first-order valence-electron chi connectivity index (χ1n) is 11.6. The fourth-order valence-electron chi connectivity index (χ4n) is 5.14. The van der Waals surface area contributed by atoms with Crippen LogP contribution < -0.4 is 5.32 Å². The van der Waals surface area contributed by atoms with E-state index in [-0.39, 0.29) is 38.6 Å². The summed E-state index contributed by atoms with van der Waals surface area (Å²) in [5, 5.41) is 12.4. The first-order valence-corrected chi connectivity index (χ1v) is 11.6. The zero-order valence-corrected chi connectivity index (χ0v) is 19.9. The number of hydrogen-bond acceptors (Lipinski definition) is 6. The van der Waals surface area contributed by atoms with Crippen molar-refractivity contribution in [3.8, 4) is 11.1 Å². The number of hydrogen-bond donors (Lipinski definition) is 2. The Morgan fingerprint density at radius 2 is 1.71 bits per heavy atom. The van der Waals surface area contributed by atoms with Crippen LogP contribution in [0.2, 0.25) is 0 Å². The second-order valence-corrected chi connectivity index (χ2v) is 8.79. The van der Waals surface area contributed by atoms with Gasteiger partial charge >= 0.3 is 12.1 Å². The number of carbonyl (C=O) groups excluding carboxylic acids is 2. The molecule has 2 N–H and O–H groups in total. The van der Waals surface area contributed by atoms with Gasteiger partial charge in [-0.25, -0.2) is 9.59 Å². The molecule has 2 aromatic carbocycles. The molecule has 0 radical (unpaired) electrons. The van der Waals surface area contributed by atoms with Gasteiger partial charge in [0.1, 0.15) is 6.61 Å². The van der Waals surface area contributed by atoms with Crippen LogP contribution in [0.1, 0.15) is 29.9 Å². The Morgan fingerprint density at radius 3 is 2.29 bits per heavy atom. The average Bonchev–Trinajstić information content (AvgIpc) is 3.43. The van der Waals surface area contributed by atoms with Crippen LogP contribution in [-0.2, 0) is 23.8 Å². The Hall–Kier alpha value is -3.43. The van der Waals surface area contributed by atoms with Crippen LogP contribution in [0.3, 0.4) is 0 Å². The molecule has 1 heterocycles. The number of nitrogens with zero attached hydrogens (tertiary/aromatic N) is 1. The van der Waals surface area contributed by atoms with Crippen LogP contribution >= 0.6 is 0 Å². The van der Waals surface area contributed by atoms with Crippen LogP contribution in [0.25, 0.3) is 11.1 Å². The van der Waals surface area contributed by atoms with E-state index >= 15 is 0 Å². The van der Waals surface area contributed by atoms with Crippen molar-refractivity contribution < 1.29 is 33.7 Å². The first kappa shape index (κ1) is 24.7. The Balaban J connectivity index is 1.37. The maximum absolute atomic E-state index is 13.1. The lowest BCUT2D eigenvalue weighted by Gasteiger charge is -2.35. The van der Waals surface area contributed by atoms with E-state index in [1.807, 2.05) is 36.4 Å². The molecule has 0 aromatic heterocycles. The minimum absolute atomic E-state index is 0.0807. The van der Waals surface area contributed by atoms with Gasteiger partial charge in [0.05, 0.1) is 13.2 Å². The molecule has 2 aromatic rings. The summed E-state index contributed by atoms with van der Waals surface area (Å²) in [6.07, 6.45) is -0.899. The van der Waals surface area contributed by atoms with E-state index in [4.69, 9.17) is 14.2 Å². The van der Waals surface area contributed by atoms with E-state index in [1.165, 1.54) is 19.1 Å². The maximum atomic E-state index is 13.1. The summed E-state index contributed by atoms with van der Waals surface area (Å²) in [5.74, 6) is -1.71. The molecule has 1 fully saturated rings. The quantitative estimate of drug-likeness (QED) is 0.565. The lowest BCUT2D eigenvalue weighted by Crippen LogP contribution is -2.59. The summed E-state index contributed by atoms with van der Waals surface area (Å²) in [7, 11) is 2.75. The first-order chi connectivity index (χ1) is 16.9. The van der Waals surface area contributed by atoms with Crippen molar-refractivity contribution in [3.05, 3.63) is 59.7 Å². The monoisotopic (exact) mass is 482 g/mol. The van der Waals surface area contributed by atoms with Gasteiger partial charge in [-0.05, 0) is 35.1 Å². The molecule has 9 heteroatoms. The van der Waals surface area contributed by atoms with E-state index in [1.54, 1.807) is 0 Å². The molecular formula is C26H30N2O7. The van der Waals surface area contributed by atoms with Crippen molar-refractivity contribution in [1.29, 1.82) is 0 Å². The predicted molar refractivity (Wildman–Crippen MR) is 127 cm³/mol. The van der Waals surface area contributed by atoms with Crippen molar-refractivity contribution in [3.63, 3.8) is 0 Å². The minimum Gasteiger partial charge on any atom is -0.479 e. The number of likely N-dealkylation sites (tertiary alicyclic amines) is 1. The van der Waals surface area contributed by atoms with Gasteiger partial charge in [0.25, 0.3) is 5.91 Å². The summed E-state index contributed by atoms with van der Waals surface area (Å²) in [4.78, 5) is 38.9. The van der Waals surface area contributed by atoms with Gasteiger partial charge < -0.3 is 29.5 Å². The van der Waals surface area contributed by atoms with Gasteiger partial charge in [-0.2, -0.15) is 0 Å². The molecule has 0 saturated carbocycles. The van der Waals surface area contributed by atoms with Crippen LogP contribution in [0.15, 0.2) is 48.5 Å². The van der Waals surface area contributed by atoms with Gasteiger partial charge in [0.15, 0.2) is 11.6 Å². The zero-order chi connectivity index (χ0) is 25.0. The van der Waals surface area contributed by atoms with E-state index in [0.29, 0.717) is 6.42 Å². The highest BCUT2D eigenvalue weighted by Crippen LogP contribution is 2.44. The number of aliphatic carboxylic acids is 1. The highest BCUT2D eigenvalue weighted by Gasteiger charge is 2.51. The van der Waals surface area contributed by atoms with Crippen LogP contribution in [-0.4, -0.2) is 80.1 Å². The number of alkyl carbamates (subject to hydrolysis) is 1. The summed E-state index contributed by atoms with van der Waals surface area (Å²) in [6.45, 7) is 0.155. The number of benzene rings is 2. The summed E-state index contributed by atoms with van der Waals surface area (Å²) in [5.41, 5.74) is 3.02. The molecule has 1 aliphatic carbocycles. The van der Waals surface area contributed by atoms with Gasteiger partial charge in [0, 0.05) is 26.7 Å². The predicted octanol–water partition coefficient (Wildman–Crippen LogP) is 2.63. The van der Waals surface area contributed by atoms with Gasteiger partial charge in [-0.1, -0.05) is 48.5 Å². The number of carboxylic acids is 1. The third-order valence-corrected chi connectivity index (χ3v) is 6.87. The molecule has 2 atom stereocenters. The number of carbonyl (C=O) groups is 3. The number of methoxy groups -OCH3 is 2. The maximum Gasteiger partial charge on any atom is 0.407 e. The number of amides is 2. The number of fused-ring (bicyclic) bond motifs is 3. The Kier molecular flexibility index (Phi) is 7.37. The summed E-state index contributed by atoms with van der Waals surface area (Å²) < 4.78 is 15.9. The highest BCUT2D eigenvalue weighted by atomic mass is 16.5. The lowest BCUT2D eigenvalue weighted by atomic mass is 9.97. The molecule has 9 nitrogen and oxygen atoms in total. The fraction of sp³-hybridized carbons (Fsp3) is 0.423. The van der Waals surface area contributed by atoms with Crippen molar-refractivity contribution in [2.45, 2.75) is 30.4 Å². The second-order valence-electron chi connectivity index (χ2n) is 8.79. The largest absolute Gasteiger partial charge is 0.479 e. The van der Waals surface area contributed by atoms with Crippen LogP contribution in [0, 0.1) is 0 Å². The van der Waals surface area contributed by atoms with E-state index in [2.05, 4.69) is 17.4 Å². The van der Waals surface area contributed by atoms with Gasteiger partial charge in [-0.3, -0.25) is 4.79 Å². The SMILES string of the molecule is COCC1(C(=O)O)CCCN1C(=O)C(CNC(=O)OCC1c2ccccc2-c2ccccc21)OC. The number of rotatable bonds is 9. The third-order valence-electron chi connectivity index (χ3n) is 6.87. The molecule has 0 bridgehead atoms. The van der Waals surface area contributed by atoms with Gasteiger partial charge in [-0.15, -0.1) is 0 Å². The zero-order valence-electron chi connectivity index (χ0n) is 19.9. The molecule has 186 valence electrons. The number of nitrogens with one attached hydrogen (secondary N) is 1. The second kappa shape index (κ2) is 10.5. The van der Waals surface area contributed by atoms with E-state index < -0.39 is 29.6 Å². The topological polar surface area (TPSA) is 114 Å². The molecule has 4 rings (SSSR count). The molecular weight excluding hydrogens is 452 g/mol. The van der Waals surface area contributed by atoms with Crippen molar-refractivity contribution in [2.75, 3.05) is 40.5 Å². The van der Waals surface area contributed by atoms with Gasteiger partial charge in [0.2, 0.25) is 0 Å². The molecule has 2 amide bonds. The Labute approximate surface area is 204 Å². The number of ether oxygens (including phenoxy) is 3. The minimum atomic E-state index is -1.44. The Morgan fingerprint density at radius 1 is 1.09 bits per heavy atom. The smallest absolute Gasteiger partial charge is 0.407 e. The van der Waals surface area contributed by atoms with Crippen LogP contribution in [0.4, 0.5) is 4.79 Å². The third kappa shape index (κ3) is 4.61. The molecule has 2 aliphatic rings. The summed E-state index contributed by atoms with van der Waals surface area (Å²) in [6, 6.07) is 16.1. The molecule has 1 saturated heterocycles. The van der Waals surface area contributed by atoms with Crippen molar-refractivity contribution in [2.24, 2.45) is 0 Å². The number of carboxylic acid groups (broad SMARTS) is 1. The van der Waals surface area contributed by atoms with Crippen LogP contribution in [0.5, 0.6) is 0 Å². The Bertz CT molecular complexity index is 1060. The molecule has 35 heavy (non-hydrogen) atoms. The molecule has 0 spiro atoms. The fourth-order valence-corrected chi connectivity index (χ4v) is 5.14. The summed E-state index contributed by atoms with van der Waals surface area (Å²) >= 11 is 0. The lowest BCUT2D eigenvalue weighted by molar-refractivity contribution is -0.164.